The van der Waals surface area contributed by atoms with E-state index in [9.17, 15) is 0 Å². The summed E-state index contributed by atoms with van der Waals surface area (Å²) < 4.78 is 0. The molecule has 0 aliphatic carbocycles. The number of hydrogen-bond acceptors (Lipinski definition) is 3. The second kappa shape index (κ2) is 5.24. The van der Waals surface area contributed by atoms with Crippen molar-refractivity contribution >= 4 is 17.7 Å². The van der Waals surface area contributed by atoms with Gasteiger partial charge in [-0.15, -0.1) is 0 Å². The summed E-state index contributed by atoms with van der Waals surface area (Å²) in [5.41, 5.74) is 4.64. The maximum Gasteiger partial charge on any atom is 0.175 e. The lowest BCUT2D eigenvalue weighted by atomic mass is 9.86. The normalized spacial score (nSPS) is 20.4. The number of aromatic nitrogens is 1. The summed E-state index contributed by atoms with van der Waals surface area (Å²) in [4.78, 5) is 11.5. The van der Waals surface area contributed by atoms with E-state index in [1.807, 2.05) is 12.4 Å². The molecule has 1 atom stereocenters. The molecule has 1 aliphatic rings. The van der Waals surface area contributed by atoms with Gasteiger partial charge in [0.15, 0.2) is 5.82 Å². The summed E-state index contributed by atoms with van der Waals surface area (Å²) in [6, 6.07) is 10.7. The first-order valence-corrected chi connectivity index (χ1v) is 7.78. The highest BCUT2D eigenvalue weighted by atomic mass is 15.2. The topological polar surface area (TPSA) is 28.5 Å². The fourth-order valence-electron chi connectivity index (χ4n) is 3.04. The number of benzene rings is 1. The van der Waals surface area contributed by atoms with Crippen LogP contribution in [-0.2, 0) is 5.54 Å². The monoisotopic (exact) mass is 293 g/mol. The third kappa shape index (κ3) is 2.21. The largest absolute Gasteiger partial charge is 0.357 e. The molecular weight excluding hydrogens is 270 g/mol. The molecule has 3 heteroatoms. The number of anilines is 1. The van der Waals surface area contributed by atoms with Gasteiger partial charge in [-0.05, 0) is 42.5 Å². The molecule has 22 heavy (non-hydrogen) atoms. The molecule has 0 radical (unpaired) electrons. The van der Waals surface area contributed by atoms with Crippen LogP contribution in [0.4, 0.5) is 11.5 Å². The summed E-state index contributed by atoms with van der Waals surface area (Å²) in [5.74, 6) is 1.26. The molecular formula is C19H23N3. The van der Waals surface area contributed by atoms with Crippen molar-refractivity contribution in [1.29, 1.82) is 0 Å². The first-order valence-electron chi connectivity index (χ1n) is 7.78. The summed E-state index contributed by atoms with van der Waals surface area (Å²) in [5, 5.41) is 0. The second-order valence-corrected chi connectivity index (χ2v) is 6.55. The fourth-order valence-corrected chi connectivity index (χ4v) is 3.04. The molecule has 0 saturated heterocycles. The van der Waals surface area contributed by atoms with E-state index in [1.54, 1.807) is 0 Å². The van der Waals surface area contributed by atoms with Crippen LogP contribution in [0.25, 0.3) is 0 Å². The minimum atomic E-state index is -0.254. The Bertz CT molecular complexity index is 733. The second-order valence-electron chi connectivity index (χ2n) is 6.55. The van der Waals surface area contributed by atoms with E-state index >= 15 is 0 Å². The SMILES string of the molecule is Cc1ccccc1C1(C)C=Nc2ncc(C(C)C)cc2N1C. The highest BCUT2D eigenvalue weighted by Gasteiger charge is 2.35. The Morgan fingerprint density at radius 2 is 1.91 bits per heavy atom. The van der Waals surface area contributed by atoms with Crippen LogP contribution in [0.1, 0.15) is 43.4 Å². The molecule has 1 aromatic carbocycles. The van der Waals surface area contributed by atoms with Crippen LogP contribution in [0.15, 0.2) is 41.5 Å². The van der Waals surface area contributed by atoms with Crippen molar-refractivity contribution < 1.29 is 0 Å². The van der Waals surface area contributed by atoms with Gasteiger partial charge in [-0.3, -0.25) is 0 Å². The predicted molar refractivity (Wildman–Crippen MR) is 93.4 cm³/mol. The molecule has 0 bridgehead atoms. The molecule has 1 unspecified atom stereocenters. The van der Waals surface area contributed by atoms with Crippen molar-refractivity contribution in [1.82, 2.24) is 4.98 Å². The number of aliphatic imine (C=N–C) groups is 1. The minimum Gasteiger partial charge on any atom is -0.357 e. The number of pyridine rings is 1. The average Bonchev–Trinajstić information content (AvgIpc) is 2.51. The zero-order valence-corrected chi connectivity index (χ0v) is 14.0. The number of aryl methyl sites for hydroxylation is 1. The lowest BCUT2D eigenvalue weighted by Gasteiger charge is -2.41. The smallest absolute Gasteiger partial charge is 0.175 e. The molecule has 0 spiro atoms. The number of nitrogens with zero attached hydrogens (tertiary/aromatic N) is 3. The highest BCUT2D eigenvalue weighted by molar-refractivity contribution is 5.87. The van der Waals surface area contributed by atoms with Gasteiger partial charge < -0.3 is 4.90 Å². The fraction of sp³-hybridized carbons (Fsp3) is 0.368. The summed E-state index contributed by atoms with van der Waals surface area (Å²) in [7, 11) is 2.13. The van der Waals surface area contributed by atoms with Crippen LogP contribution in [0.5, 0.6) is 0 Å². The van der Waals surface area contributed by atoms with Gasteiger partial charge in [-0.25, -0.2) is 9.98 Å². The Balaban J connectivity index is 2.13. The Morgan fingerprint density at radius 3 is 2.59 bits per heavy atom. The van der Waals surface area contributed by atoms with E-state index in [2.05, 4.69) is 80.0 Å². The van der Waals surface area contributed by atoms with Gasteiger partial charge in [0.25, 0.3) is 0 Å². The van der Waals surface area contributed by atoms with E-state index in [0.717, 1.165) is 11.5 Å². The van der Waals surface area contributed by atoms with Crippen molar-refractivity contribution in [2.75, 3.05) is 11.9 Å². The molecule has 0 N–H and O–H groups in total. The Hall–Kier alpha value is -2.16. The lowest BCUT2D eigenvalue weighted by Crippen LogP contribution is -2.45. The maximum atomic E-state index is 4.64. The van der Waals surface area contributed by atoms with Gasteiger partial charge in [-0.1, -0.05) is 38.1 Å². The van der Waals surface area contributed by atoms with Gasteiger partial charge in [0.2, 0.25) is 0 Å². The quantitative estimate of drug-likeness (QED) is 0.810. The Morgan fingerprint density at radius 1 is 1.18 bits per heavy atom. The zero-order chi connectivity index (χ0) is 15.9. The van der Waals surface area contributed by atoms with Crippen LogP contribution < -0.4 is 4.90 Å². The lowest BCUT2D eigenvalue weighted by molar-refractivity contribution is 0.620. The molecule has 0 fully saturated rings. The van der Waals surface area contributed by atoms with E-state index in [0.29, 0.717) is 5.92 Å². The predicted octanol–water partition coefficient (Wildman–Crippen LogP) is 4.58. The van der Waals surface area contributed by atoms with Gasteiger partial charge in [0.1, 0.15) is 0 Å². The van der Waals surface area contributed by atoms with Crippen LogP contribution in [0.3, 0.4) is 0 Å². The maximum absolute atomic E-state index is 4.64. The third-order valence-electron chi connectivity index (χ3n) is 4.72. The van der Waals surface area contributed by atoms with Gasteiger partial charge in [-0.2, -0.15) is 0 Å². The van der Waals surface area contributed by atoms with Crippen LogP contribution >= 0.6 is 0 Å². The number of rotatable bonds is 2. The van der Waals surface area contributed by atoms with Crippen molar-refractivity contribution in [2.45, 2.75) is 39.2 Å². The van der Waals surface area contributed by atoms with E-state index in [4.69, 9.17) is 0 Å². The Kier molecular flexibility index (Phi) is 3.51. The van der Waals surface area contributed by atoms with Gasteiger partial charge in [0.05, 0.1) is 11.2 Å². The summed E-state index contributed by atoms with van der Waals surface area (Å²) in [6.45, 7) is 8.75. The van der Waals surface area contributed by atoms with Crippen molar-refractivity contribution in [2.24, 2.45) is 4.99 Å². The number of fused-ring (bicyclic) bond motifs is 1. The van der Waals surface area contributed by atoms with Gasteiger partial charge in [0, 0.05) is 19.5 Å². The van der Waals surface area contributed by atoms with Crippen LogP contribution in [0, 0.1) is 6.92 Å². The number of hydrogen-bond donors (Lipinski definition) is 0. The Labute approximate surface area is 132 Å². The van der Waals surface area contributed by atoms with Crippen LogP contribution in [-0.4, -0.2) is 18.2 Å². The highest BCUT2D eigenvalue weighted by Crippen LogP contribution is 2.41. The summed E-state index contributed by atoms with van der Waals surface area (Å²) >= 11 is 0. The van der Waals surface area contributed by atoms with E-state index in [1.165, 1.54) is 16.7 Å². The molecule has 1 aliphatic heterocycles. The third-order valence-corrected chi connectivity index (χ3v) is 4.72. The van der Waals surface area contributed by atoms with E-state index < -0.39 is 0 Å². The van der Waals surface area contributed by atoms with Crippen LogP contribution in [0.2, 0.25) is 0 Å². The molecule has 2 heterocycles. The summed E-state index contributed by atoms with van der Waals surface area (Å²) in [6.07, 6.45) is 3.95. The standard InChI is InChI=1S/C19H23N3/c1-13(2)15-10-17-18(20-11-15)21-12-19(4,22(17)5)16-9-7-6-8-14(16)3/h6-13H,1-5H3. The van der Waals surface area contributed by atoms with E-state index in [-0.39, 0.29) is 5.54 Å². The molecule has 2 aromatic rings. The zero-order valence-electron chi connectivity index (χ0n) is 14.0. The molecule has 3 rings (SSSR count). The first kappa shape index (κ1) is 14.8. The van der Waals surface area contributed by atoms with Crippen molar-refractivity contribution in [3.8, 4) is 0 Å². The molecule has 0 amide bonds. The molecule has 114 valence electrons. The first-order chi connectivity index (χ1) is 10.4. The van der Waals surface area contributed by atoms with Crippen molar-refractivity contribution in [3.05, 3.63) is 53.2 Å². The van der Waals surface area contributed by atoms with Gasteiger partial charge >= 0.3 is 0 Å². The molecule has 0 saturated carbocycles. The molecule has 3 nitrogen and oxygen atoms in total. The minimum absolute atomic E-state index is 0.254. The van der Waals surface area contributed by atoms with Crippen molar-refractivity contribution in [3.63, 3.8) is 0 Å². The average molecular weight is 293 g/mol. The molecule has 1 aromatic heterocycles.